The normalized spacial score (nSPS) is 16.4. The Labute approximate surface area is 99.5 Å². The minimum atomic E-state index is 0.821. The van der Waals surface area contributed by atoms with Crippen LogP contribution in [0.4, 0.5) is 0 Å². The van der Waals surface area contributed by atoms with Crippen LogP contribution in [-0.2, 0) is 0 Å². The number of hydrogen-bond acceptors (Lipinski definition) is 1. The van der Waals surface area contributed by atoms with E-state index in [9.17, 15) is 0 Å². The van der Waals surface area contributed by atoms with Gasteiger partial charge in [0.1, 0.15) is 0 Å². The average molecular weight is 233 g/mol. The number of rotatable bonds is 1. The highest BCUT2D eigenvalue weighted by Crippen LogP contribution is 2.28. The summed E-state index contributed by atoms with van der Waals surface area (Å²) < 4.78 is 2.21. The molecule has 2 heterocycles. The molecular weight excluding hydrogens is 220 g/mol. The van der Waals surface area contributed by atoms with Gasteiger partial charge in [-0.2, -0.15) is 0 Å². The second kappa shape index (κ2) is 3.96. The summed E-state index contributed by atoms with van der Waals surface area (Å²) >= 11 is 6.26. The highest BCUT2D eigenvalue weighted by Gasteiger charge is 2.10. The van der Waals surface area contributed by atoms with Crippen LogP contribution < -0.4 is 5.32 Å². The minimum Gasteiger partial charge on any atom is -0.319 e. The summed E-state index contributed by atoms with van der Waals surface area (Å²) in [7, 11) is 0. The zero-order chi connectivity index (χ0) is 11.0. The van der Waals surface area contributed by atoms with Gasteiger partial charge in [-0.1, -0.05) is 29.8 Å². The number of nitrogens with one attached hydrogen (secondary N) is 1. The molecule has 0 atom stereocenters. The number of nitrogens with zero attached hydrogens (tertiary/aromatic N) is 1. The lowest BCUT2D eigenvalue weighted by Crippen LogP contribution is -2.21. The van der Waals surface area contributed by atoms with Crippen LogP contribution in [0.15, 0.2) is 36.5 Å². The van der Waals surface area contributed by atoms with Gasteiger partial charge in [0.05, 0.1) is 10.5 Å². The Kier molecular flexibility index (Phi) is 2.46. The van der Waals surface area contributed by atoms with Gasteiger partial charge in [0.25, 0.3) is 0 Å². The first-order chi connectivity index (χ1) is 7.86. The summed E-state index contributed by atoms with van der Waals surface area (Å²) in [6.07, 6.45) is 5.38. The fourth-order valence-corrected chi connectivity index (χ4v) is 2.49. The zero-order valence-corrected chi connectivity index (χ0v) is 9.67. The molecule has 1 aliphatic heterocycles. The molecule has 1 aromatic carbocycles. The van der Waals surface area contributed by atoms with Crippen molar-refractivity contribution in [2.45, 2.75) is 6.42 Å². The summed E-state index contributed by atoms with van der Waals surface area (Å²) in [5, 5.41) is 5.34. The van der Waals surface area contributed by atoms with E-state index >= 15 is 0 Å². The molecule has 0 unspecified atom stereocenters. The summed E-state index contributed by atoms with van der Waals surface area (Å²) in [6.45, 7) is 1.98. The smallest absolute Gasteiger partial charge is 0.0712 e. The molecule has 1 N–H and O–H groups in total. The van der Waals surface area contributed by atoms with Crippen LogP contribution in [0, 0.1) is 0 Å². The van der Waals surface area contributed by atoms with E-state index in [0.29, 0.717) is 0 Å². The maximum atomic E-state index is 6.26. The molecule has 0 fully saturated rings. The van der Waals surface area contributed by atoms with Crippen LogP contribution in [-0.4, -0.2) is 17.7 Å². The van der Waals surface area contributed by atoms with E-state index in [1.165, 1.54) is 11.1 Å². The number of hydrogen-bond donors (Lipinski definition) is 1. The fraction of sp³-hybridized carbons (Fsp3) is 0.231. The van der Waals surface area contributed by atoms with E-state index in [4.69, 9.17) is 11.6 Å². The van der Waals surface area contributed by atoms with Crippen molar-refractivity contribution < 1.29 is 0 Å². The second-order valence-corrected chi connectivity index (χ2v) is 4.42. The first-order valence-electron chi connectivity index (χ1n) is 5.52. The molecule has 0 saturated heterocycles. The maximum Gasteiger partial charge on any atom is 0.0712 e. The summed E-state index contributed by atoms with van der Waals surface area (Å²) in [5.74, 6) is 0. The number of para-hydroxylation sites is 1. The predicted molar refractivity (Wildman–Crippen MR) is 68.7 cm³/mol. The van der Waals surface area contributed by atoms with Crippen LogP contribution in [0.2, 0.25) is 5.02 Å². The molecule has 1 aromatic heterocycles. The highest BCUT2D eigenvalue weighted by molar-refractivity contribution is 6.35. The van der Waals surface area contributed by atoms with Gasteiger partial charge in [-0.25, -0.2) is 0 Å². The highest BCUT2D eigenvalue weighted by atomic mass is 35.5. The molecule has 0 spiro atoms. The molecule has 3 rings (SSSR count). The van der Waals surface area contributed by atoms with Crippen LogP contribution in [0.25, 0.3) is 16.6 Å². The van der Waals surface area contributed by atoms with Crippen molar-refractivity contribution in [3.63, 3.8) is 0 Å². The molecular formula is C13H13ClN2. The largest absolute Gasteiger partial charge is 0.319 e. The summed E-state index contributed by atoms with van der Waals surface area (Å²) in [5.41, 5.74) is 2.46. The molecule has 2 nitrogen and oxygen atoms in total. The number of aromatic nitrogens is 1. The first-order valence-corrected chi connectivity index (χ1v) is 5.90. The van der Waals surface area contributed by atoms with Crippen molar-refractivity contribution in [3.05, 3.63) is 41.6 Å². The van der Waals surface area contributed by atoms with Crippen molar-refractivity contribution in [3.8, 4) is 0 Å². The molecule has 16 heavy (non-hydrogen) atoms. The van der Waals surface area contributed by atoms with Gasteiger partial charge >= 0.3 is 0 Å². The topological polar surface area (TPSA) is 17.0 Å². The molecule has 82 valence electrons. The van der Waals surface area contributed by atoms with Gasteiger partial charge in [0.15, 0.2) is 0 Å². The first kappa shape index (κ1) is 9.94. The molecule has 0 amide bonds. The number of benzene rings is 1. The fourth-order valence-electron chi connectivity index (χ4n) is 2.22. The average Bonchev–Trinajstić information content (AvgIpc) is 2.75. The molecule has 0 radical (unpaired) electrons. The molecule has 3 heteroatoms. The monoisotopic (exact) mass is 232 g/mol. The Morgan fingerprint density at radius 1 is 1.25 bits per heavy atom. The van der Waals surface area contributed by atoms with E-state index in [0.717, 1.165) is 30.0 Å². The summed E-state index contributed by atoms with van der Waals surface area (Å²) in [4.78, 5) is 0. The van der Waals surface area contributed by atoms with Gasteiger partial charge < -0.3 is 9.88 Å². The molecule has 0 bridgehead atoms. The zero-order valence-electron chi connectivity index (χ0n) is 8.91. The Balaban J connectivity index is 2.20. The Hall–Kier alpha value is -1.25. The Morgan fingerprint density at radius 3 is 3.00 bits per heavy atom. The number of fused-ring (bicyclic) bond motifs is 1. The Bertz CT molecular complexity index is 554. The Morgan fingerprint density at radius 2 is 2.19 bits per heavy atom. The SMILES string of the molecule is Clc1cccc2ccn(C3=CCNCC3)c12. The van der Waals surface area contributed by atoms with Crippen LogP contribution in [0.5, 0.6) is 0 Å². The molecule has 0 aliphatic carbocycles. The van der Waals surface area contributed by atoms with Gasteiger partial charge in [0, 0.05) is 36.8 Å². The second-order valence-electron chi connectivity index (χ2n) is 4.01. The minimum absolute atomic E-state index is 0.821. The van der Waals surface area contributed by atoms with E-state index in [2.05, 4.69) is 34.3 Å². The van der Waals surface area contributed by atoms with Crippen LogP contribution in [0.3, 0.4) is 0 Å². The van der Waals surface area contributed by atoms with E-state index in [1.807, 2.05) is 12.1 Å². The van der Waals surface area contributed by atoms with Gasteiger partial charge in [0.2, 0.25) is 0 Å². The van der Waals surface area contributed by atoms with Crippen molar-refractivity contribution in [2.75, 3.05) is 13.1 Å². The molecule has 2 aromatic rings. The lowest BCUT2D eigenvalue weighted by molar-refractivity contribution is 0.720. The predicted octanol–water partition coefficient (Wildman–Crippen LogP) is 3.13. The van der Waals surface area contributed by atoms with Gasteiger partial charge in [-0.15, -0.1) is 0 Å². The van der Waals surface area contributed by atoms with Crippen LogP contribution in [0.1, 0.15) is 6.42 Å². The maximum absolute atomic E-state index is 6.26. The van der Waals surface area contributed by atoms with Crippen molar-refractivity contribution in [1.82, 2.24) is 9.88 Å². The van der Waals surface area contributed by atoms with E-state index in [-0.39, 0.29) is 0 Å². The quantitative estimate of drug-likeness (QED) is 0.800. The van der Waals surface area contributed by atoms with Crippen molar-refractivity contribution >= 4 is 28.2 Å². The molecule has 0 saturated carbocycles. The number of halogens is 1. The lowest BCUT2D eigenvalue weighted by atomic mass is 10.2. The van der Waals surface area contributed by atoms with Gasteiger partial charge in [-0.3, -0.25) is 0 Å². The third-order valence-electron chi connectivity index (χ3n) is 3.01. The van der Waals surface area contributed by atoms with E-state index < -0.39 is 0 Å². The summed E-state index contributed by atoms with van der Waals surface area (Å²) in [6, 6.07) is 8.15. The van der Waals surface area contributed by atoms with Crippen molar-refractivity contribution in [2.24, 2.45) is 0 Å². The third-order valence-corrected chi connectivity index (χ3v) is 3.32. The molecule has 1 aliphatic rings. The van der Waals surface area contributed by atoms with Crippen LogP contribution >= 0.6 is 11.6 Å². The van der Waals surface area contributed by atoms with E-state index in [1.54, 1.807) is 0 Å². The van der Waals surface area contributed by atoms with Crippen molar-refractivity contribution in [1.29, 1.82) is 0 Å². The lowest BCUT2D eigenvalue weighted by Gasteiger charge is -2.16. The van der Waals surface area contributed by atoms with Gasteiger partial charge in [-0.05, 0) is 12.1 Å². The third kappa shape index (κ3) is 1.55. The standard InChI is InChI=1S/C13H13ClN2/c14-12-3-1-2-10-6-9-16(13(10)12)11-4-7-15-8-5-11/h1-4,6,9,15H,5,7-8H2.